The van der Waals surface area contributed by atoms with Gasteiger partial charge in [0.15, 0.2) is 0 Å². The third-order valence-corrected chi connectivity index (χ3v) is 4.04. The van der Waals surface area contributed by atoms with Crippen molar-refractivity contribution in [3.8, 4) is 5.75 Å². The van der Waals surface area contributed by atoms with Crippen LogP contribution in [0.15, 0.2) is 54.6 Å². The van der Waals surface area contributed by atoms with Crippen molar-refractivity contribution in [3.05, 3.63) is 65.9 Å². The van der Waals surface area contributed by atoms with Crippen LogP contribution >= 0.6 is 0 Å². The second kappa shape index (κ2) is 6.57. The minimum Gasteiger partial charge on any atom is -0.496 e. The highest BCUT2D eigenvalue weighted by atomic mass is 16.5. The minimum atomic E-state index is -0.0679. The summed E-state index contributed by atoms with van der Waals surface area (Å²) in [5, 5.41) is 3.94. The van der Waals surface area contributed by atoms with Crippen LogP contribution in [0.2, 0.25) is 0 Å². The maximum atomic E-state index is 12.5. The molecular weight excluding hydrogens is 288 g/mol. The van der Waals surface area contributed by atoms with Crippen molar-refractivity contribution in [2.45, 2.75) is 6.42 Å². The smallest absolute Gasteiger partial charge is 0.267 e. The summed E-state index contributed by atoms with van der Waals surface area (Å²) in [4.78, 5) is 12.5. The van der Waals surface area contributed by atoms with Gasteiger partial charge in [0.05, 0.1) is 12.6 Å². The average Bonchev–Trinajstić information content (AvgIpc) is 2.93. The number of hydrogen-bond acceptors (Lipinski definition) is 2. The Morgan fingerprint density at radius 2 is 1.91 bits per heavy atom. The normalized spacial score (nSPS) is 10.7. The van der Waals surface area contributed by atoms with E-state index in [1.807, 2.05) is 54.1 Å². The predicted octanol–water partition coefficient (Wildman–Crippen LogP) is 3.16. The molecule has 0 radical (unpaired) electrons. The summed E-state index contributed by atoms with van der Waals surface area (Å²) in [7, 11) is 3.54. The van der Waals surface area contributed by atoms with Gasteiger partial charge in [-0.15, -0.1) is 0 Å². The number of rotatable bonds is 5. The molecule has 0 aliphatic heterocycles. The van der Waals surface area contributed by atoms with E-state index in [9.17, 15) is 4.79 Å². The molecule has 0 fully saturated rings. The van der Waals surface area contributed by atoms with E-state index in [4.69, 9.17) is 4.74 Å². The number of nitrogens with zero attached hydrogens (tertiary/aromatic N) is 1. The van der Waals surface area contributed by atoms with Gasteiger partial charge in [0, 0.05) is 19.0 Å². The molecule has 0 saturated heterocycles. The van der Waals surface area contributed by atoms with E-state index in [1.165, 1.54) is 5.56 Å². The zero-order valence-corrected chi connectivity index (χ0v) is 13.4. The number of benzene rings is 2. The topological polar surface area (TPSA) is 43.3 Å². The molecule has 0 spiro atoms. The highest BCUT2D eigenvalue weighted by Crippen LogP contribution is 2.27. The molecule has 0 unspecified atom stereocenters. The van der Waals surface area contributed by atoms with Crippen LogP contribution in [0.5, 0.6) is 5.75 Å². The lowest BCUT2D eigenvalue weighted by atomic mass is 10.1. The van der Waals surface area contributed by atoms with Gasteiger partial charge in [0.1, 0.15) is 11.4 Å². The Labute approximate surface area is 135 Å². The third-order valence-electron chi connectivity index (χ3n) is 4.04. The molecule has 2 aromatic carbocycles. The highest BCUT2D eigenvalue weighted by molar-refractivity contribution is 6.00. The molecule has 1 amide bonds. The predicted molar refractivity (Wildman–Crippen MR) is 92.0 cm³/mol. The number of aryl methyl sites for hydroxylation is 1. The molecule has 118 valence electrons. The van der Waals surface area contributed by atoms with Crippen LogP contribution in [-0.2, 0) is 13.5 Å². The van der Waals surface area contributed by atoms with E-state index < -0.39 is 0 Å². The van der Waals surface area contributed by atoms with Crippen LogP contribution in [0.4, 0.5) is 0 Å². The molecule has 3 rings (SSSR count). The fourth-order valence-electron chi connectivity index (χ4n) is 2.78. The molecule has 1 heterocycles. The second-order valence-corrected chi connectivity index (χ2v) is 5.47. The first-order valence-electron chi connectivity index (χ1n) is 7.65. The summed E-state index contributed by atoms with van der Waals surface area (Å²) < 4.78 is 7.27. The molecule has 23 heavy (non-hydrogen) atoms. The Hall–Kier alpha value is -2.75. The Kier molecular flexibility index (Phi) is 4.33. The minimum absolute atomic E-state index is 0.0679. The van der Waals surface area contributed by atoms with Crippen molar-refractivity contribution < 1.29 is 9.53 Å². The Balaban J connectivity index is 1.75. The SMILES string of the molecule is COc1cccc2c1cc(C(=O)NCCc1ccccc1)n2C. The van der Waals surface area contributed by atoms with Crippen molar-refractivity contribution in [1.29, 1.82) is 0 Å². The summed E-state index contributed by atoms with van der Waals surface area (Å²) in [5.74, 6) is 0.711. The van der Waals surface area contributed by atoms with Crippen LogP contribution in [-0.4, -0.2) is 24.1 Å². The lowest BCUT2D eigenvalue weighted by Crippen LogP contribution is -2.27. The van der Waals surface area contributed by atoms with Crippen LogP contribution in [0.1, 0.15) is 16.1 Å². The molecular formula is C19H20N2O2. The summed E-state index contributed by atoms with van der Waals surface area (Å²) in [6.07, 6.45) is 0.819. The van der Waals surface area contributed by atoms with Crippen LogP contribution in [0.25, 0.3) is 10.9 Å². The molecule has 4 nitrogen and oxygen atoms in total. The van der Waals surface area contributed by atoms with Crippen LogP contribution < -0.4 is 10.1 Å². The summed E-state index contributed by atoms with van der Waals surface area (Å²) in [6.45, 7) is 0.613. The molecule has 1 aromatic heterocycles. The van der Waals surface area contributed by atoms with Crippen LogP contribution in [0, 0.1) is 0 Å². The number of methoxy groups -OCH3 is 1. The number of carbonyl (C=O) groups excluding carboxylic acids is 1. The van der Waals surface area contributed by atoms with Crippen LogP contribution in [0.3, 0.4) is 0 Å². The molecule has 0 aliphatic carbocycles. The van der Waals surface area contributed by atoms with E-state index in [2.05, 4.69) is 17.4 Å². The first kappa shape index (κ1) is 15.2. The molecule has 1 N–H and O–H groups in total. The maximum absolute atomic E-state index is 12.5. The Morgan fingerprint density at radius 1 is 1.13 bits per heavy atom. The summed E-state index contributed by atoms with van der Waals surface area (Å²) >= 11 is 0. The van der Waals surface area contributed by atoms with Gasteiger partial charge < -0.3 is 14.6 Å². The van der Waals surface area contributed by atoms with Crippen molar-refractivity contribution in [2.75, 3.05) is 13.7 Å². The van der Waals surface area contributed by atoms with Gasteiger partial charge in [-0.2, -0.15) is 0 Å². The number of ether oxygens (including phenoxy) is 1. The van der Waals surface area contributed by atoms with Gasteiger partial charge in [-0.25, -0.2) is 0 Å². The summed E-state index contributed by atoms with van der Waals surface area (Å²) in [6, 6.07) is 17.8. The van der Waals surface area contributed by atoms with E-state index in [-0.39, 0.29) is 5.91 Å². The van der Waals surface area contributed by atoms with Gasteiger partial charge in [-0.05, 0) is 30.2 Å². The molecule has 3 aromatic rings. The van der Waals surface area contributed by atoms with E-state index in [0.717, 1.165) is 23.1 Å². The van der Waals surface area contributed by atoms with Gasteiger partial charge in [0.2, 0.25) is 0 Å². The number of amides is 1. The van der Waals surface area contributed by atoms with Gasteiger partial charge in [-0.1, -0.05) is 36.4 Å². The number of fused-ring (bicyclic) bond motifs is 1. The van der Waals surface area contributed by atoms with E-state index >= 15 is 0 Å². The number of aromatic nitrogens is 1. The molecule has 4 heteroatoms. The second-order valence-electron chi connectivity index (χ2n) is 5.47. The first-order chi connectivity index (χ1) is 11.2. The van der Waals surface area contributed by atoms with E-state index in [1.54, 1.807) is 7.11 Å². The molecule has 0 aliphatic rings. The van der Waals surface area contributed by atoms with Crippen molar-refractivity contribution in [3.63, 3.8) is 0 Å². The fraction of sp³-hybridized carbons (Fsp3) is 0.211. The quantitative estimate of drug-likeness (QED) is 0.787. The van der Waals surface area contributed by atoms with Gasteiger partial charge in [-0.3, -0.25) is 4.79 Å². The third kappa shape index (κ3) is 3.06. The number of nitrogens with one attached hydrogen (secondary N) is 1. The monoisotopic (exact) mass is 308 g/mol. The number of carbonyl (C=O) groups is 1. The zero-order valence-electron chi connectivity index (χ0n) is 13.4. The van der Waals surface area contributed by atoms with Crippen molar-refractivity contribution in [1.82, 2.24) is 9.88 Å². The standard InChI is InChI=1S/C19H20N2O2/c1-21-16-9-6-10-18(23-2)15(16)13-17(21)19(22)20-12-11-14-7-4-3-5-8-14/h3-10,13H,11-12H2,1-2H3,(H,20,22). The largest absolute Gasteiger partial charge is 0.496 e. The van der Waals surface area contributed by atoms with Gasteiger partial charge in [0.25, 0.3) is 5.91 Å². The Morgan fingerprint density at radius 3 is 2.65 bits per heavy atom. The highest BCUT2D eigenvalue weighted by Gasteiger charge is 2.15. The van der Waals surface area contributed by atoms with Gasteiger partial charge >= 0.3 is 0 Å². The average molecular weight is 308 g/mol. The first-order valence-corrected chi connectivity index (χ1v) is 7.65. The van der Waals surface area contributed by atoms with Crippen molar-refractivity contribution >= 4 is 16.8 Å². The van der Waals surface area contributed by atoms with Crippen molar-refractivity contribution in [2.24, 2.45) is 7.05 Å². The summed E-state index contributed by atoms with van der Waals surface area (Å²) in [5.41, 5.74) is 2.83. The zero-order chi connectivity index (χ0) is 16.2. The lowest BCUT2D eigenvalue weighted by molar-refractivity contribution is 0.0946. The molecule has 0 bridgehead atoms. The fourth-order valence-corrected chi connectivity index (χ4v) is 2.78. The maximum Gasteiger partial charge on any atom is 0.267 e. The lowest BCUT2D eigenvalue weighted by Gasteiger charge is -2.06. The Bertz CT molecular complexity index is 822. The molecule has 0 saturated carbocycles. The van der Waals surface area contributed by atoms with E-state index in [0.29, 0.717) is 12.2 Å². The molecule has 0 atom stereocenters. The number of hydrogen-bond donors (Lipinski definition) is 1.